The van der Waals surface area contributed by atoms with Crippen molar-refractivity contribution >= 4 is 17.1 Å². The van der Waals surface area contributed by atoms with E-state index in [4.69, 9.17) is 11.5 Å². The summed E-state index contributed by atoms with van der Waals surface area (Å²) in [7, 11) is 0. The third-order valence-corrected chi connectivity index (χ3v) is 4.76. The molecule has 0 spiro atoms. The van der Waals surface area contributed by atoms with E-state index in [2.05, 4.69) is 24.8 Å². The predicted octanol–water partition coefficient (Wildman–Crippen LogP) is 3.26. The number of benzene rings is 1. The van der Waals surface area contributed by atoms with Crippen molar-refractivity contribution in [3.8, 4) is 0 Å². The average Bonchev–Trinajstić information content (AvgIpc) is 2.42. The van der Waals surface area contributed by atoms with Crippen LogP contribution in [-0.4, -0.2) is 13.1 Å². The SMILES string of the molecule is CCC1(CC)CCN(c2ccc(N)c(N)c2)CC1. The summed E-state index contributed by atoms with van der Waals surface area (Å²) in [6.07, 6.45) is 5.15. The molecule has 1 saturated heterocycles. The summed E-state index contributed by atoms with van der Waals surface area (Å²) in [4.78, 5) is 2.43. The van der Waals surface area contributed by atoms with Crippen molar-refractivity contribution in [2.45, 2.75) is 39.5 Å². The van der Waals surface area contributed by atoms with E-state index in [1.807, 2.05) is 12.1 Å². The normalized spacial score (nSPS) is 18.9. The minimum Gasteiger partial charge on any atom is -0.397 e. The first kappa shape index (κ1) is 13.1. The monoisotopic (exact) mass is 247 g/mol. The Morgan fingerprint density at radius 3 is 2.17 bits per heavy atom. The van der Waals surface area contributed by atoms with Crippen LogP contribution < -0.4 is 16.4 Å². The first-order valence-electron chi connectivity index (χ1n) is 7.00. The van der Waals surface area contributed by atoms with Crippen LogP contribution >= 0.6 is 0 Å². The maximum absolute atomic E-state index is 5.88. The van der Waals surface area contributed by atoms with Crippen LogP contribution in [0.2, 0.25) is 0 Å². The van der Waals surface area contributed by atoms with Crippen LogP contribution in [-0.2, 0) is 0 Å². The Morgan fingerprint density at radius 1 is 1.06 bits per heavy atom. The van der Waals surface area contributed by atoms with Gasteiger partial charge < -0.3 is 16.4 Å². The molecule has 0 unspecified atom stereocenters. The second kappa shape index (κ2) is 5.09. The van der Waals surface area contributed by atoms with Crippen molar-refractivity contribution in [1.82, 2.24) is 0 Å². The molecule has 4 N–H and O–H groups in total. The first-order valence-corrected chi connectivity index (χ1v) is 7.00. The van der Waals surface area contributed by atoms with E-state index < -0.39 is 0 Å². The highest BCUT2D eigenvalue weighted by Gasteiger charge is 2.31. The highest BCUT2D eigenvalue weighted by Crippen LogP contribution is 2.39. The molecular weight excluding hydrogens is 222 g/mol. The molecule has 0 radical (unpaired) electrons. The van der Waals surface area contributed by atoms with Gasteiger partial charge in [-0.3, -0.25) is 0 Å². The van der Waals surface area contributed by atoms with Gasteiger partial charge in [-0.1, -0.05) is 26.7 Å². The standard InChI is InChI=1S/C15H25N3/c1-3-15(4-2)7-9-18(10-8-15)12-5-6-13(16)14(17)11-12/h5-6,11H,3-4,7-10,16-17H2,1-2H3. The fourth-order valence-corrected chi connectivity index (χ4v) is 2.96. The Kier molecular flexibility index (Phi) is 3.69. The molecule has 0 amide bonds. The molecular formula is C15H25N3. The summed E-state index contributed by atoms with van der Waals surface area (Å²) in [5, 5.41) is 0. The zero-order chi connectivity index (χ0) is 13.2. The van der Waals surface area contributed by atoms with Gasteiger partial charge in [0.1, 0.15) is 0 Å². The van der Waals surface area contributed by atoms with Crippen molar-refractivity contribution in [3.05, 3.63) is 18.2 Å². The third-order valence-electron chi connectivity index (χ3n) is 4.76. The number of rotatable bonds is 3. The third kappa shape index (κ3) is 2.40. The summed E-state index contributed by atoms with van der Waals surface area (Å²) in [6.45, 7) is 6.90. The fraction of sp³-hybridized carbons (Fsp3) is 0.600. The van der Waals surface area contributed by atoms with Crippen molar-refractivity contribution < 1.29 is 0 Å². The Morgan fingerprint density at radius 2 is 1.67 bits per heavy atom. The van der Waals surface area contributed by atoms with Crippen LogP contribution in [0.4, 0.5) is 17.1 Å². The van der Waals surface area contributed by atoms with E-state index in [-0.39, 0.29) is 0 Å². The molecule has 1 aliphatic heterocycles. The van der Waals surface area contributed by atoms with Gasteiger partial charge in [-0.2, -0.15) is 0 Å². The largest absolute Gasteiger partial charge is 0.397 e. The van der Waals surface area contributed by atoms with Crippen LogP contribution in [0.5, 0.6) is 0 Å². The van der Waals surface area contributed by atoms with Crippen LogP contribution in [0.15, 0.2) is 18.2 Å². The molecule has 0 bridgehead atoms. The van der Waals surface area contributed by atoms with E-state index in [0.717, 1.165) is 13.1 Å². The molecule has 1 aromatic carbocycles. The maximum Gasteiger partial charge on any atom is 0.0568 e. The molecule has 1 heterocycles. The van der Waals surface area contributed by atoms with Gasteiger partial charge in [-0.05, 0) is 36.5 Å². The molecule has 3 heteroatoms. The number of piperidine rings is 1. The van der Waals surface area contributed by atoms with Crippen molar-refractivity contribution in [2.75, 3.05) is 29.5 Å². The van der Waals surface area contributed by atoms with Crippen LogP contribution in [0, 0.1) is 5.41 Å². The Labute approximate surface area is 110 Å². The summed E-state index contributed by atoms with van der Waals surface area (Å²) >= 11 is 0. The number of hydrogen-bond donors (Lipinski definition) is 2. The first-order chi connectivity index (χ1) is 8.60. The minimum atomic E-state index is 0.565. The number of nitrogens with two attached hydrogens (primary N) is 2. The molecule has 1 aromatic rings. The van der Waals surface area contributed by atoms with Crippen LogP contribution in [0.1, 0.15) is 39.5 Å². The smallest absolute Gasteiger partial charge is 0.0568 e. The fourth-order valence-electron chi connectivity index (χ4n) is 2.96. The molecule has 0 aromatic heterocycles. The predicted molar refractivity (Wildman–Crippen MR) is 79.7 cm³/mol. The molecule has 0 saturated carbocycles. The average molecular weight is 247 g/mol. The quantitative estimate of drug-likeness (QED) is 0.806. The highest BCUT2D eigenvalue weighted by molar-refractivity contribution is 5.69. The van der Waals surface area contributed by atoms with Gasteiger partial charge in [-0.25, -0.2) is 0 Å². The summed E-state index contributed by atoms with van der Waals surface area (Å²) < 4.78 is 0. The van der Waals surface area contributed by atoms with Gasteiger partial charge in [0.05, 0.1) is 11.4 Å². The lowest BCUT2D eigenvalue weighted by Gasteiger charge is -2.42. The van der Waals surface area contributed by atoms with Crippen LogP contribution in [0.3, 0.4) is 0 Å². The Bertz CT molecular complexity index is 400. The topological polar surface area (TPSA) is 55.3 Å². The minimum absolute atomic E-state index is 0.565. The second-order valence-electron chi connectivity index (χ2n) is 5.51. The zero-order valence-electron chi connectivity index (χ0n) is 11.6. The summed E-state index contributed by atoms with van der Waals surface area (Å²) in [5.74, 6) is 0. The summed E-state index contributed by atoms with van der Waals surface area (Å²) in [6, 6.07) is 5.99. The lowest BCUT2D eigenvalue weighted by molar-refractivity contribution is 0.199. The molecule has 1 aliphatic rings. The van der Waals surface area contributed by atoms with E-state index in [0.29, 0.717) is 16.8 Å². The van der Waals surface area contributed by atoms with Crippen molar-refractivity contribution in [3.63, 3.8) is 0 Å². The number of hydrogen-bond acceptors (Lipinski definition) is 3. The van der Waals surface area contributed by atoms with Gasteiger partial charge in [0, 0.05) is 18.8 Å². The molecule has 0 aliphatic carbocycles. The van der Waals surface area contributed by atoms with Crippen molar-refractivity contribution in [1.29, 1.82) is 0 Å². The molecule has 100 valence electrons. The molecule has 18 heavy (non-hydrogen) atoms. The molecule has 1 fully saturated rings. The van der Waals surface area contributed by atoms with Gasteiger partial charge in [0.2, 0.25) is 0 Å². The van der Waals surface area contributed by atoms with Gasteiger partial charge in [0.25, 0.3) is 0 Å². The Balaban J connectivity index is 2.07. The lowest BCUT2D eigenvalue weighted by Crippen LogP contribution is -2.39. The van der Waals surface area contributed by atoms with Gasteiger partial charge >= 0.3 is 0 Å². The van der Waals surface area contributed by atoms with Gasteiger partial charge in [0.15, 0.2) is 0 Å². The van der Waals surface area contributed by atoms with Gasteiger partial charge in [-0.15, -0.1) is 0 Å². The zero-order valence-corrected chi connectivity index (χ0v) is 11.6. The number of nitrogen functional groups attached to an aromatic ring is 2. The molecule has 0 atom stereocenters. The summed E-state index contributed by atoms with van der Waals surface area (Å²) in [5.41, 5.74) is 14.8. The lowest BCUT2D eigenvalue weighted by atomic mass is 9.74. The van der Waals surface area contributed by atoms with E-state index in [1.165, 1.54) is 31.4 Å². The molecule has 2 rings (SSSR count). The van der Waals surface area contributed by atoms with E-state index >= 15 is 0 Å². The highest BCUT2D eigenvalue weighted by atomic mass is 15.1. The van der Waals surface area contributed by atoms with Crippen LogP contribution in [0.25, 0.3) is 0 Å². The Hall–Kier alpha value is -1.38. The van der Waals surface area contributed by atoms with Crippen molar-refractivity contribution in [2.24, 2.45) is 5.41 Å². The molecule has 3 nitrogen and oxygen atoms in total. The number of nitrogens with zero attached hydrogens (tertiary/aromatic N) is 1. The maximum atomic E-state index is 5.88. The van der Waals surface area contributed by atoms with E-state index in [1.54, 1.807) is 0 Å². The second-order valence-corrected chi connectivity index (χ2v) is 5.51. The van der Waals surface area contributed by atoms with E-state index in [9.17, 15) is 0 Å². The number of anilines is 3.